The molecule has 1 spiro atoms. The van der Waals surface area contributed by atoms with Crippen molar-refractivity contribution in [1.82, 2.24) is 0 Å². The smallest absolute Gasteiger partial charge is 0.0546 e. The van der Waals surface area contributed by atoms with Crippen molar-refractivity contribution in [1.29, 1.82) is 0 Å². The van der Waals surface area contributed by atoms with Crippen LogP contribution in [0.5, 0.6) is 0 Å². The average Bonchev–Trinajstić information content (AvgIpc) is 2.39. The number of hydrogen-bond donors (Lipinski definition) is 0. The summed E-state index contributed by atoms with van der Waals surface area (Å²) < 4.78 is 0. The van der Waals surface area contributed by atoms with Crippen molar-refractivity contribution in [2.45, 2.75) is 51.9 Å². The molecule has 0 bridgehead atoms. The molecule has 2 heterocycles. The lowest BCUT2D eigenvalue weighted by molar-refractivity contribution is 0.486. The van der Waals surface area contributed by atoms with Gasteiger partial charge in [0.25, 0.3) is 0 Å². The summed E-state index contributed by atoms with van der Waals surface area (Å²) in [5.74, 6) is 4.18. The molecule has 0 aromatic rings. The Labute approximate surface area is 84.1 Å². The van der Waals surface area contributed by atoms with Gasteiger partial charge in [-0.25, -0.2) is 0 Å². The fourth-order valence-electron chi connectivity index (χ4n) is 4.04. The highest BCUT2D eigenvalue weighted by Gasteiger charge is 2.49. The van der Waals surface area contributed by atoms with Gasteiger partial charge in [0.2, 0.25) is 0 Å². The third-order valence-electron chi connectivity index (χ3n) is 4.96. The van der Waals surface area contributed by atoms with Crippen molar-refractivity contribution in [3.63, 3.8) is 0 Å². The van der Waals surface area contributed by atoms with Gasteiger partial charge in [0.1, 0.15) is 0 Å². The molecule has 0 unspecified atom stereocenters. The molecule has 2 aliphatic heterocycles. The Morgan fingerprint density at radius 1 is 0.615 bits per heavy atom. The van der Waals surface area contributed by atoms with Gasteiger partial charge < -0.3 is 0 Å². The summed E-state index contributed by atoms with van der Waals surface area (Å²) in [6.45, 7) is 9.94. The summed E-state index contributed by atoms with van der Waals surface area (Å²) in [5.41, 5.74) is 0. The minimum absolute atomic E-state index is 0.721. The Kier molecular flexibility index (Phi) is 2.34. The van der Waals surface area contributed by atoms with Crippen LogP contribution in [-0.4, -0.2) is 8.07 Å². The van der Waals surface area contributed by atoms with E-state index in [9.17, 15) is 0 Å². The first-order valence-electron chi connectivity index (χ1n) is 6.02. The second-order valence-corrected chi connectivity index (χ2v) is 10.9. The first kappa shape index (κ1) is 9.76. The average molecular weight is 196 g/mol. The van der Waals surface area contributed by atoms with E-state index in [2.05, 4.69) is 27.7 Å². The fourth-order valence-corrected chi connectivity index (χ4v) is 12.1. The van der Waals surface area contributed by atoms with Gasteiger partial charge in [0.05, 0.1) is 8.07 Å². The lowest BCUT2D eigenvalue weighted by Gasteiger charge is -2.20. The maximum absolute atomic E-state index is 2.49. The molecule has 0 aromatic heterocycles. The molecule has 2 aliphatic rings. The molecule has 0 nitrogen and oxygen atoms in total. The van der Waals surface area contributed by atoms with Crippen LogP contribution in [-0.2, 0) is 0 Å². The summed E-state index contributed by atoms with van der Waals surface area (Å²) in [7, 11) is -0.721. The van der Waals surface area contributed by atoms with Gasteiger partial charge in [-0.15, -0.1) is 0 Å². The zero-order chi connectivity index (χ0) is 9.64. The highest BCUT2D eigenvalue weighted by atomic mass is 28.3. The predicted molar refractivity (Wildman–Crippen MR) is 61.6 cm³/mol. The summed E-state index contributed by atoms with van der Waals surface area (Å²) in [4.78, 5) is 0. The maximum Gasteiger partial charge on any atom is 0.0546 e. The van der Waals surface area contributed by atoms with Crippen LogP contribution in [0.3, 0.4) is 0 Å². The van der Waals surface area contributed by atoms with Crippen LogP contribution in [0.4, 0.5) is 0 Å². The molecule has 0 aromatic carbocycles. The Hall–Kier alpha value is 0.217. The third kappa shape index (κ3) is 1.60. The molecule has 13 heavy (non-hydrogen) atoms. The lowest BCUT2D eigenvalue weighted by Crippen LogP contribution is -2.26. The van der Waals surface area contributed by atoms with Gasteiger partial charge in [-0.2, -0.15) is 0 Å². The molecule has 1 heteroatoms. The molecule has 0 N–H and O–H groups in total. The normalized spacial score (nSPS) is 48.9. The molecule has 2 saturated heterocycles. The van der Waals surface area contributed by atoms with E-state index in [1.165, 1.54) is 0 Å². The van der Waals surface area contributed by atoms with Crippen molar-refractivity contribution >= 4 is 8.07 Å². The van der Waals surface area contributed by atoms with Gasteiger partial charge in [0, 0.05) is 0 Å². The molecule has 0 saturated carbocycles. The molecule has 0 radical (unpaired) electrons. The monoisotopic (exact) mass is 196 g/mol. The second-order valence-electron chi connectivity index (χ2n) is 6.23. The Bertz CT molecular complexity index is 154. The van der Waals surface area contributed by atoms with Crippen LogP contribution < -0.4 is 0 Å². The fraction of sp³-hybridized carbons (Fsp3) is 1.00. The maximum atomic E-state index is 2.49. The molecular weight excluding hydrogens is 172 g/mol. The quantitative estimate of drug-likeness (QED) is 0.514. The Balaban J connectivity index is 2.08. The summed E-state index contributed by atoms with van der Waals surface area (Å²) in [6.07, 6.45) is 0. The van der Waals surface area contributed by atoms with Crippen LogP contribution in [0.25, 0.3) is 0 Å². The van der Waals surface area contributed by atoms with Crippen LogP contribution in [0.15, 0.2) is 0 Å². The third-order valence-corrected chi connectivity index (χ3v) is 11.0. The Morgan fingerprint density at radius 2 is 0.846 bits per heavy atom. The van der Waals surface area contributed by atoms with Crippen molar-refractivity contribution in [3.05, 3.63) is 0 Å². The largest absolute Gasteiger partial charge is 0.0625 e. The molecule has 2 rings (SSSR count). The van der Waals surface area contributed by atoms with E-state index in [1.54, 1.807) is 24.2 Å². The standard InChI is InChI=1S/C12H24Si/c1-9-5-13(6-10(9)2)7-11(3)12(4)8-13/h9-12H,5-8H2,1-4H3/t9-,10-,11+,12+. The van der Waals surface area contributed by atoms with Gasteiger partial charge >= 0.3 is 0 Å². The Morgan fingerprint density at radius 3 is 1.08 bits per heavy atom. The van der Waals surface area contributed by atoms with E-state index in [-0.39, 0.29) is 0 Å². The van der Waals surface area contributed by atoms with Crippen molar-refractivity contribution < 1.29 is 0 Å². The van der Waals surface area contributed by atoms with E-state index < -0.39 is 8.07 Å². The van der Waals surface area contributed by atoms with Crippen molar-refractivity contribution in [2.75, 3.05) is 0 Å². The van der Waals surface area contributed by atoms with Crippen LogP contribution in [0, 0.1) is 23.7 Å². The minimum atomic E-state index is -0.721. The van der Waals surface area contributed by atoms with Crippen molar-refractivity contribution in [2.24, 2.45) is 23.7 Å². The summed E-state index contributed by atoms with van der Waals surface area (Å²) >= 11 is 0. The predicted octanol–water partition coefficient (Wildman–Crippen LogP) is 4.01. The van der Waals surface area contributed by atoms with E-state index in [0.717, 1.165) is 23.7 Å². The van der Waals surface area contributed by atoms with E-state index in [4.69, 9.17) is 0 Å². The van der Waals surface area contributed by atoms with E-state index >= 15 is 0 Å². The molecule has 0 aliphatic carbocycles. The molecule has 2 fully saturated rings. The van der Waals surface area contributed by atoms with Crippen molar-refractivity contribution in [3.8, 4) is 0 Å². The first-order valence-corrected chi connectivity index (χ1v) is 8.85. The summed E-state index contributed by atoms with van der Waals surface area (Å²) in [5, 5.41) is 0. The minimum Gasteiger partial charge on any atom is -0.0625 e. The highest BCUT2D eigenvalue weighted by Crippen LogP contribution is 2.52. The van der Waals surface area contributed by atoms with Crippen LogP contribution in [0.1, 0.15) is 27.7 Å². The topological polar surface area (TPSA) is 0 Å². The van der Waals surface area contributed by atoms with E-state index in [0.29, 0.717) is 0 Å². The highest BCUT2D eigenvalue weighted by molar-refractivity contribution is 6.81. The van der Waals surface area contributed by atoms with Gasteiger partial charge in [-0.1, -0.05) is 51.9 Å². The zero-order valence-corrected chi connectivity index (χ0v) is 10.6. The molecule has 4 atom stereocenters. The number of hydrogen-bond acceptors (Lipinski definition) is 0. The van der Waals surface area contributed by atoms with Gasteiger partial charge in [-0.3, -0.25) is 0 Å². The van der Waals surface area contributed by atoms with Crippen LogP contribution in [0.2, 0.25) is 24.2 Å². The first-order chi connectivity index (χ1) is 6.02. The molecular formula is C12H24Si. The molecule has 0 amide bonds. The van der Waals surface area contributed by atoms with Gasteiger partial charge in [-0.05, 0) is 23.7 Å². The van der Waals surface area contributed by atoms with E-state index in [1.807, 2.05) is 0 Å². The second kappa shape index (κ2) is 3.11. The summed E-state index contributed by atoms with van der Waals surface area (Å²) in [6, 6.07) is 6.62. The zero-order valence-electron chi connectivity index (χ0n) is 9.64. The SMILES string of the molecule is C[C@@H]1C[Si]2(C[C@H]1C)C[C@H](C)[C@@H](C)C2. The van der Waals surface area contributed by atoms with Crippen LogP contribution >= 0.6 is 0 Å². The van der Waals surface area contributed by atoms with Gasteiger partial charge in [0.15, 0.2) is 0 Å². The lowest BCUT2D eigenvalue weighted by atomic mass is 10.0. The number of rotatable bonds is 0. The molecule has 76 valence electrons.